The number of ether oxygens (including phenoxy) is 1. The standard InChI is InChI=1S/C13H24N4O/c1-10(2)17-9-15-8-12(17)13-11(14)4-5-16(13)6-7-18-3/h8-11,13H,4-7,14H2,1-3H3. The van der Waals surface area contributed by atoms with Gasteiger partial charge in [0.15, 0.2) is 0 Å². The van der Waals surface area contributed by atoms with E-state index in [1.165, 1.54) is 5.69 Å². The third kappa shape index (κ3) is 2.58. The second kappa shape index (κ2) is 5.82. The Kier molecular flexibility index (Phi) is 4.37. The van der Waals surface area contributed by atoms with E-state index in [0.717, 1.165) is 26.1 Å². The summed E-state index contributed by atoms with van der Waals surface area (Å²) in [5, 5.41) is 0. The van der Waals surface area contributed by atoms with Crippen LogP contribution in [0.4, 0.5) is 0 Å². The van der Waals surface area contributed by atoms with Gasteiger partial charge in [-0.25, -0.2) is 4.98 Å². The molecule has 2 heterocycles. The maximum Gasteiger partial charge on any atom is 0.0951 e. The number of aromatic nitrogens is 2. The van der Waals surface area contributed by atoms with Crippen molar-refractivity contribution in [3.63, 3.8) is 0 Å². The van der Waals surface area contributed by atoms with Crippen LogP contribution >= 0.6 is 0 Å². The van der Waals surface area contributed by atoms with Crippen molar-refractivity contribution < 1.29 is 4.74 Å². The summed E-state index contributed by atoms with van der Waals surface area (Å²) in [6.07, 6.45) is 4.90. The van der Waals surface area contributed by atoms with Crippen molar-refractivity contribution in [2.75, 3.05) is 26.8 Å². The van der Waals surface area contributed by atoms with Crippen LogP contribution in [0.2, 0.25) is 0 Å². The van der Waals surface area contributed by atoms with E-state index in [-0.39, 0.29) is 12.1 Å². The molecule has 1 saturated heterocycles. The summed E-state index contributed by atoms with van der Waals surface area (Å²) >= 11 is 0. The molecular formula is C13H24N4O. The summed E-state index contributed by atoms with van der Waals surface area (Å²) in [6.45, 7) is 7.06. The summed E-state index contributed by atoms with van der Waals surface area (Å²) in [7, 11) is 1.74. The van der Waals surface area contributed by atoms with E-state index in [1.54, 1.807) is 7.11 Å². The number of hydrogen-bond donors (Lipinski definition) is 1. The van der Waals surface area contributed by atoms with Crippen LogP contribution in [0.1, 0.15) is 38.0 Å². The van der Waals surface area contributed by atoms with Crippen molar-refractivity contribution in [3.05, 3.63) is 18.2 Å². The Labute approximate surface area is 109 Å². The van der Waals surface area contributed by atoms with E-state index < -0.39 is 0 Å². The van der Waals surface area contributed by atoms with E-state index >= 15 is 0 Å². The van der Waals surface area contributed by atoms with Gasteiger partial charge in [0.1, 0.15) is 0 Å². The first-order valence-electron chi connectivity index (χ1n) is 6.65. The van der Waals surface area contributed by atoms with Gasteiger partial charge in [-0.15, -0.1) is 0 Å². The molecule has 2 unspecified atom stereocenters. The van der Waals surface area contributed by atoms with Crippen LogP contribution in [0.5, 0.6) is 0 Å². The van der Waals surface area contributed by atoms with Crippen molar-refractivity contribution in [2.45, 2.75) is 38.4 Å². The highest BCUT2D eigenvalue weighted by molar-refractivity contribution is 5.12. The highest BCUT2D eigenvalue weighted by atomic mass is 16.5. The molecule has 1 aliphatic heterocycles. The zero-order chi connectivity index (χ0) is 13.1. The number of hydrogen-bond acceptors (Lipinski definition) is 4. The van der Waals surface area contributed by atoms with Crippen LogP contribution in [0.3, 0.4) is 0 Å². The predicted molar refractivity (Wildman–Crippen MR) is 71.4 cm³/mol. The molecule has 2 rings (SSSR count). The minimum absolute atomic E-state index is 0.191. The van der Waals surface area contributed by atoms with Gasteiger partial charge in [0.2, 0.25) is 0 Å². The monoisotopic (exact) mass is 252 g/mol. The Bertz CT molecular complexity index is 377. The maximum atomic E-state index is 6.28. The smallest absolute Gasteiger partial charge is 0.0951 e. The summed E-state index contributed by atoms with van der Waals surface area (Å²) in [5.74, 6) is 0. The predicted octanol–water partition coefficient (Wildman–Crippen LogP) is 1.18. The lowest BCUT2D eigenvalue weighted by Crippen LogP contribution is -2.35. The topological polar surface area (TPSA) is 56.3 Å². The summed E-state index contributed by atoms with van der Waals surface area (Å²) in [5.41, 5.74) is 7.51. The molecule has 102 valence electrons. The Morgan fingerprint density at radius 3 is 3.00 bits per heavy atom. The van der Waals surface area contributed by atoms with Crippen LogP contribution in [-0.2, 0) is 4.74 Å². The van der Waals surface area contributed by atoms with Gasteiger partial charge in [-0.05, 0) is 20.3 Å². The molecular weight excluding hydrogens is 228 g/mol. The van der Waals surface area contributed by atoms with Crippen LogP contribution in [0.25, 0.3) is 0 Å². The number of nitrogens with two attached hydrogens (primary N) is 1. The first-order chi connectivity index (χ1) is 8.65. The average Bonchev–Trinajstić information content (AvgIpc) is 2.92. The van der Waals surface area contributed by atoms with E-state index in [1.807, 2.05) is 12.5 Å². The normalized spacial score (nSPS) is 25.2. The Balaban J connectivity index is 2.19. The molecule has 0 aliphatic carbocycles. The number of imidazole rings is 1. The fourth-order valence-electron chi connectivity index (χ4n) is 2.72. The fourth-order valence-corrected chi connectivity index (χ4v) is 2.72. The molecule has 2 N–H and O–H groups in total. The van der Waals surface area contributed by atoms with Gasteiger partial charge in [0.05, 0.1) is 24.7 Å². The molecule has 2 atom stereocenters. The van der Waals surface area contributed by atoms with Crippen molar-refractivity contribution in [1.29, 1.82) is 0 Å². The van der Waals surface area contributed by atoms with Gasteiger partial charge in [-0.1, -0.05) is 0 Å². The number of nitrogens with zero attached hydrogens (tertiary/aromatic N) is 3. The van der Waals surface area contributed by atoms with Crippen LogP contribution in [0, 0.1) is 0 Å². The molecule has 1 aliphatic rings. The van der Waals surface area contributed by atoms with Gasteiger partial charge < -0.3 is 15.0 Å². The third-order valence-electron chi connectivity index (χ3n) is 3.69. The molecule has 0 amide bonds. The van der Waals surface area contributed by atoms with Crippen molar-refractivity contribution in [3.8, 4) is 0 Å². The average molecular weight is 252 g/mol. The van der Waals surface area contributed by atoms with Gasteiger partial charge in [0.25, 0.3) is 0 Å². The molecule has 0 aromatic carbocycles. The lowest BCUT2D eigenvalue weighted by atomic mass is 10.1. The first-order valence-corrected chi connectivity index (χ1v) is 6.65. The Morgan fingerprint density at radius 2 is 2.33 bits per heavy atom. The Morgan fingerprint density at radius 1 is 1.56 bits per heavy atom. The summed E-state index contributed by atoms with van der Waals surface area (Å²) in [6, 6.07) is 0.876. The molecule has 0 radical (unpaired) electrons. The molecule has 0 saturated carbocycles. The van der Waals surface area contributed by atoms with E-state index in [9.17, 15) is 0 Å². The number of rotatable bonds is 5. The number of likely N-dealkylation sites (tertiary alicyclic amines) is 1. The van der Waals surface area contributed by atoms with E-state index in [2.05, 4.69) is 28.3 Å². The molecule has 5 heteroatoms. The van der Waals surface area contributed by atoms with Crippen molar-refractivity contribution in [2.24, 2.45) is 5.73 Å². The number of methoxy groups -OCH3 is 1. The van der Waals surface area contributed by atoms with Crippen molar-refractivity contribution >= 4 is 0 Å². The third-order valence-corrected chi connectivity index (χ3v) is 3.69. The zero-order valence-electron chi connectivity index (χ0n) is 11.5. The minimum atomic E-state index is 0.191. The van der Waals surface area contributed by atoms with Gasteiger partial charge >= 0.3 is 0 Å². The highest BCUT2D eigenvalue weighted by Gasteiger charge is 2.34. The summed E-state index contributed by atoms with van der Waals surface area (Å²) in [4.78, 5) is 6.69. The van der Waals surface area contributed by atoms with Gasteiger partial charge in [-0.2, -0.15) is 0 Å². The lowest BCUT2D eigenvalue weighted by Gasteiger charge is -2.28. The van der Waals surface area contributed by atoms with Crippen molar-refractivity contribution in [1.82, 2.24) is 14.5 Å². The molecule has 0 bridgehead atoms. The molecule has 1 fully saturated rings. The quantitative estimate of drug-likeness (QED) is 0.855. The van der Waals surface area contributed by atoms with E-state index in [4.69, 9.17) is 10.5 Å². The van der Waals surface area contributed by atoms with Gasteiger partial charge in [0, 0.05) is 38.5 Å². The van der Waals surface area contributed by atoms with Crippen LogP contribution in [-0.4, -0.2) is 47.3 Å². The SMILES string of the molecule is COCCN1CCC(N)C1c1cncn1C(C)C. The van der Waals surface area contributed by atoms with Gasteiger partial charge in [-0.3, -0.25) is 4.90 Å². The van der Waals surface area contributed by atoms with Crippen LogP contribution < -0.4 is 5.73 Å². The first kappa shape index (κ1) is 13.5. The second-order valence-corrected chi connectivity index (χ2v) is 5.25. The molecule has 18 heavy (non-hydrogen) atoms. The largest absolute Gasteiger partial charge is 0.383 e. The lowest BCUT2D eigenvalue weighted by molar-refractivity contribution is 0.136. The minimum Gasteiger partial charge on any atom is -0.383 e. The molecule has 5 nitrogen and oxygen atoms in total. The fraction of sp³-hybridized carbons (Fsp3) is 0.769. The molecule has 1 aromatic rings. The van der Waals surface area contributed by atoms with Crippen LogP contribution in [0.15, 0.2) is 12.5 Å². The molecule has 0 spiro atoms. The molecule has 1 aromatic heterocycles. The Hall–Kier alpha value is -0.910. The second-order valence-electron chi connectivity index (χ2n) is 5.25. The summed E-state index contributed by atoms with van der Waals surface area (Å²) < 4.78 is 7.40. The highest BCUT2D eigenvalue weighted by Crippen LogP contribution is 2.31. The van der Waals surface area contributed by atoms with E-state index in [0.29, 0.717) is 6.04 Å². The zero-order valence-corrected chi connectivity index (χ0v) is 11.5. The maximum absolute atomic E-state index is 6.28.